The Hall–Kier alpha value is -2.13. The lowest BCUT2D eigenvalue weighted by Gasteiger charge is -2.06. The van der Waals surface area contributed by atoms with Gasteiger partial charge in [0, 0.05) is 18.7 Å². The molecule has 1 aromatic carbocycles. The molecule has 0 unspecified atom stereocenters. The summed E-state index contributed by atoms with van der Waals surface area (Å²) in [7, 11) is 0. The van der Waals surface area contributed by atoms with Crippen molar-refractivity contribution in [2.45, 2.75) is 6.54 Å². The number of carbonyl (C=O) groups is 1. The van der Waals surface area contributed by atoms with Crippen molar-refractivity contribution in [3.05, 3.63) is 35.1 Å². The van der Waals surface area contributed by atoms with Crippen molar-refractivity contribution in [1.29, 1.82) is 5.26 Å². The molecule has 0 aliphatic rings. The molecule has 0 saturated heterocycles. The van der Waals surface area contributed by atoms with E-state index in [2.05, 4.69) is 10.1 Å². The lowest BCUT2D eigenvalue weighted by Crippen LogP contribution is -2.23. The molecular weight excluding hydrogens is 225 g/mol. The van der Waals surface area contributed by atoms with E-state index in [9.17, 15) is 9.18 Å². The topological polar surface area (TPSA) is 88.1 Å². The minimum Gasteiger partial charge on any atom is -0.448 e. The number of halogens is 1. The maximum absolute atomic E-state index is 13.5. The average molecular weight is 237 g/mol. The van der Waals surface area contributed by atoms with Gasteiger partial charge in [-0.05, 0) is 6.07 Å². The predicted octanol–water partition coefficient (Wildman–Crippen LogP) is 0.882. The monoisotopic (exact) mass is 237 g/mol. The Morgan fingerprint density at radius 3 is 3.00 bits per heavy atom. The second-order valence-electron chi connectivity index (χ2n) is 3.23. The minimum atomic E-state index is -0.843. The molecule has 0 fully saturated rings. The first kappa shape index (κ1) is 12.9. The van der Waals surface area contributed by atoms with E-state index in [0.29, 0.717) is 12.1 Å². The fourth-order valence-electron chi connectivity index (χ4n) is 1.25. The number of nitrogens with two attached hydrogens (primary N) is 1. The van der Waals surface area contributed by atoms with Crippen LogP contribution in [0.5, 0.6) is 0 Å². The van der Waals surface area contributed by atoms with Crippen LogP contribution in [0.2, 0.25) is 0 Å². The minimum absolute atomic E-state index is 0.0117. The summed E-state index contributed by atoms with van der Waals surface area (Å²) in [5.74, 6) is -0.529. The summed E-state index contributed by atoms with van der Waals surface area (Å²) < 4.78 is 18.0. The highest BCUT2D eigenvalue weighted by atomic mass is 19.1. The van der Waals surface area contributed by atoms with Gasteiger partial charge in [-0.2, -0.15) is 5.26 Å². The molecule has 0 bridgehead atoms. The van der Waals surface area contributed by atoms with Crippen molar-refractivity contribution in [1.82, 2.24) is 5.32 Å². The molecule has 1 aromatic rings. The first-order chi connectivity index (χ1) is 8.15. The van der Waals surface area contributed by atoms with E-state index in [-0.39, 0.29) is 18.7 Å². The Labute approximate surface area is 98.0 Å². The number of rotatable bonds is 5. The van der Waals surface area contributed by atoms with Gasteiger partial charge in [0.25, 0.3) is 0 Å². The molecule has 0 aliphatic carbocycles. The van der Waals surface area contributed by atoms with Crippen molar-refractivity contribution >= 4 is 6.09 Å². The molecular formula is C11H12FN3O2. The molecule has 5 nitrogen and oxygen atoms in total. The molecule has 1 amide bonds. The molecule has 0 heterocycles. The van der Waals surface area contributed by atoms with Crippen molar-refractivity contribution in [3.8, 4) is 6.07 Å². The third-order valence-corrected chi connectivity index (χ3v) is 2.04. The van der Waals surface area contributed by atoms with Gasteiger partial charge in [0.2, 0.25) is 0 Å². The maximum Gasteiger partial charge on any atom is 0.404 e. The number of carbonyl (C=O) groups excluding carboxylic acids is 1. The highest BCUT2D eigenvalue weighted by molar-refractivity contribution is 5.64. The summed E-state index contributed by atoms with van der Waals surface area (Å²) in [6.07, 6.45) is -0.843. The van der Waals surface area contributed by atoms with Crippen molar-refractivity contribution in [2.24, 2.45) is 5.73 Å². The number of nitrogens with one attached hydrogen (secondary N) is 1. The van der Waals surface area contributed by atoms with Crippen LogP contribution >= 0.6 is 0 Å². The number of hydrogen-bond donors (Lipinski definition) is 2. The molecule has 0 aliphatic heterocycles. The van der Waals surface area contributed by atoms with Gasteiger partial charge in [0.05, 0.1) is 5.56 Å². The van der Waals surface area contributed by atoms with Crippen LogP contribution in [0, 0.1) is 17.1 Å². The van der Waals surface area contributed by atoms with Crippen LogP contribution in [0.15, 0.2) is 18.2 Å². The van der Waals surface area contributed by atoms with Crippen LogP contribution in [-0.4, -0.2) is 19.2 Å². The smallest absolute Gasteiger partial charge is 0.404 e. The van der Waals surface area contributed by atoms with Gasteiger partial charge in [-0.1, -0.05) is 12.1 Å². The van der Waals surface area contributed by atoms with Gasteiger partial charge in [-0.25, -0.2) is 9.18 Å². The van der Waals surface area contributed by atoms with Crippen LogP contribution in [0.3, 0.4) is 0 Å². The highest BCUT2D eigenvalue weighted by Crippen LogP contribution is 2.11. The average Bonchev–Trinajstić information content (AvgIpc) is 2.30. The molecule has 3 N–H and O–H groups in total. The van der Waals surface area contributed by atoms with Gasteiger partial charge in [-0.15, -0.1) is 0 Å². The van der Waals surface area contributed by atoms with Gasteiger partial charge < -0.3 is 15.8 Å². The maximum atomic E-state index is 13.5. The van der Waals surface area contributed by atoms with E-state index in [1.165, 1.54) is 6.07 Å². The summed E-state index contributed by atoms with van der Waals surface area (Å²) in [5, 5.41) is 11.5. The fourth-order valence-corrected chi connectivity index (χ4v) is 1.25. The number of benzene rings is 1. The first-order valence-electron chi connectivity index (χ1n) is 4.95. The number of primary amides is 1. The molecule has 17 heavy (non-hydrogen) atoms. The van der Waals surface area contributed by atoms with Crippen LogP contribution in [0.1, 0.15) is 11.1 Å². The predicted molar refractivity (Wildman–Crippen MR) is 58.4 cm³/mol. The summed E-state index contributed by atoms with van der Waals surface area (Å²) in [6.45, 7) is 0.734. The number of nitrogens with zero attached hydrogens (tertiary/aromatic N) is 1. The van der Waals surface area contributed by atoms with E-state index in [1.54, 1.807) is 18.2 Å². The summed E-state index contributed by atoms with van der Waals surface area (Å²) >= 11 is 0. The second-order valence-corrected chi connectivity index (χ2v) is 3.23. The van der Waals surface area contributed by atoms with Crippen LogP contribution in [0.4, 0.5) is 9.18 Å². The van der Waals surface area contributed by atoms with Gasteiger partial charge >= 0.3 is 6.09 Å². The van der Waals surface area contributed by atoms with Gasteiger partial charge in [0.1, 0.15) is 18.5 Å². The standard InChI is InChI=1S/C11H12FN3O2/c12-10-8(6-13)2-1-3-9(10)7-15-4-5-17-11(14)16/h1-3,15H,4-5,7H2,(H2,14,16). The molecule has 0 spiro atoms. The molecule has 0 atom stereocenters. The highest BCUT2D eigenvalue weighted by Gasteiger charge is 2.06. The summed E-state index contributed by atoms with van der Waals surface area (Å²) in [5.41, 5.74) is 5.17. The van der Waals surface area contributed by atoms with E-state index >= 15 is 0 Å². The zero-order valence-corrected chi connectivity index (χ0v) is 9.07. The number of ether oxygens (including phenoxy) is 1. The Balaban J connectivity index is 2.42. The molecule has 0 aromatic heterocycles. The lowest BCUT2D eigenvalue weighted by molar-refractivity contribution is 0.157. The zero-order chi connectivity index (χ0) is 12.7. The molecule has 0 radical (unpaired) electrons. The number of amides is 1. The number of hydrogen-bond acceptors (Lipinski definition) is 4. The van der Waals surface area contributed by atoms with E-state index in [4.69, 9.17) is 11.0 Å². The largest absolute Gasteiger partial charge is 0.448 e. The van der Waals surface area contributed by atoms with Crippen LogP contribution in [-0.2, 0) is 11.3 Å². The molecule has 90 valence electrons. The summed E-state index contributed by atoms with van der Waals surface area (Å²) in [6, 6.07) is 6.37. The Bertz CT molecular complexity index is 443. The zero-order valence-electron chi connectivity index (χ0n) is 9.07. The van der Waals surface area contributed by atoms with E-state index < -0.39 is 11.9 Å². The van der Waals surface area contributed by atoms with E-state index in [0.717, 1.165) is 0 Å². The fraction of sp³-hybridized carbons (Fsp3) is 0.273. The normalized spacial score (nSPS) is 9.65. The molecule has 1 rings (SSSR count). The lowest BCUT2D eigenvalue weighted by atomic mass is 10.1. The van der Waals surface area contributed by atoms with Gasteiger partial charge in [-0.3, -0.25) is 0 Å². The van der Waals surface area contributed by atoms with Crippen LogP contribution < -0.4 is 11.1 Å². The Morgan fingerprint density at radius 2 is 2.35 bits per heavy atom. The van der Waals surface area contributed by atoms with Crippen molar-refractivity contribution in [3.63, 3.8) is 0 Å². The van der Waals surface area contributed by atoms with Crippen molar-refractivity contribution < 1.29 is 13.9 Å². The van der Waals surface area contributed by atoms with E-state index in [1.807, 2.05) is 0 Å². The molecule has 0 saturated carbocycles. The van der Waals surface area contributed by atoms with Crippen molar-refractivity contribution in [2.75, 3.05) is 13.2 Å². The first-order valence-corrected chi connectivity index (χ1v) is 4.95. The Kier molecular flexibility index (Phi) is 4.91. The Morgan fingerprint density at radius 1 is 1.59 bits per heavy atom. The quantitative estimate of drug-likeness (QED) is 0.744. The van der Waals surface area contributed by atoms with Gasteiger partial charge in [0.15, 0.2) is 0 Å². The molecule has 6 heteroatoms. The summed E-state index contributed by atoms with van der Waals surface area (Å²) in [4.78, 5) is 10.2. The third kappa shape index (κ3) is 4.09. The number of nitriles is 1. The SMILES string of the molecule is N#Cc1cccc(CNCCOC(N)=O)c1F. The second kappa shape index (κ2) is 6.45. The third-order valence-electron chi connectivity index (χ3n) is 2.04. The van der Waals surface area contributed by atoms with Crippen LogP contribution in [0.25, 0.3) is 0 Å².